The van der Waals surface area contributed by atoms with E-state index in [0.29, 0.717) is 4.88 Å². The molecular weight excluding hydrogens is 627 g/mol. The number of carbonyl (C=O) groups excluding carboxylic acids is 3. The number of esters is 2. The number of ketones is 1. The zero-order valence-corrected chi connectivity index (χ0v) is 25.4. The minimum atomic E-state index is -4.73. The van der Waals surface area contributed by atoms with Crippen molar-refractivity contribution in [1.82, 2.24) is 0 Å². The van der Waals surface area contributed by atoms with Crippen LogP contribution in [0, 0.1) is 16.0 Å². The second kappa shape index (κ2) is 12.8. The number of Topliss-reactive ketones (excluding diaryl/α,β-unsaturated/α-hetero) is 1. The maximum Gasteiger partial charge on any atom is 0.416 e. The van der Waals surface area contributed by atoms with Gasteiger partial charge in [-0.05, 0) is 55.5 Å². The van der Waals surface area contributed by atoms with Gasteiger partial charge in [-0.25, -0.2) is 4.79 Å². The summed E-state index contributed by atoms with van der Waals surface area (Å²) in [5, 5.41) is 13.5. The molecule has 0 spiro atoms. The first-order valence-electron chi connectivity index (χ1n) is 14.2. The van der Waals surface area contributed by atoms with E-state index in [9.17, 15) is 37.7 Å². The van der Waals surface area contributed by atoms with Crippen LogP contribution in [-0.4, -0.2) is 35.9 Å². The van der Waals surface area contributed by atoms with E-state index < -0.39 is 52.1 Å². The van der Waals surface area contributed by atoms with Gasteiger partial charge in [0.15, 0.2) is 5.78 Å². The first-order chi connectivity index (χ1) is 21.9. The average Bonchev–Trinajstić information content (AvgIpc) is 3.55. The summed E-state index contributed by atoms with van der Waals surface area (Å²) in [6, 6.07) is 13.0. The molecule has 2 aromatic carbocycles. The molecule has 46 heavy (non-hydrogen) atoms. The van der Waals surface area contributed by atoms with Gasteiger partial charge in [0.2, 0.25) is 0 Å². The molecule has 2 heterocycles. The van der Waals surface area contributed by atoms with Crippen molar-refractivity contribution in [2.45, 2.75) is 38.3 Å². The number of anilines is 1. The molecule has 0 unspecified atom stereocenters. The first kappa shape index (κ1) is 32.4. The van der Waals surface area contributed by atoms with Gasteiger partial charge in [0.25, 0.3) is 5.69 Å². The number of thiophene rings is 1. The number of allylic oxidation sites excluding steroid dienone is 2. The average molecular weight is 656 g/mol. The Hall–Kier alpha value is -4.98. The van der Waals surface area contributed by atoms with Gasteiger partial charge in [-0.1, -0.05) is 24.3 Å². The molecule has 240 valence electrons. The van der Waals surface area contributed by atoms with Crippen LogP contribution >= 0.6 is 11.3 Å². The fourth-order valence-electron chi connectivity index (χ4n) is 5.98. The van der Waals surface area contributed by atoms with Gasteiger partial charge in [0, 0.05) is 39.9 Å². The Balaban J connectivity index is 1.85. The van der Waals surface area contributed by atoms with E-state index in [1.54, 1.807) is 24.4 Å². The number of hydrogen-bond acceptors (Lipinski definition) is 10. The Bertz CT molecular complexity index is 1770. The molecule has 1 aromatic heterocycles. The lowest BCUT2D eigenvalue weighted by atomic mass is 9.68. The Kier molecular flexibility index (Phi) is 9.01. The number of rotatable bonds is 8. The summed E-state index contributed by atoms with van der Waals surface area (Å²) < 4.78 is 52.2. The number of nitrogens with zero attached hydrogens (tertiary/aromatic N) is 2. The van der Waals surface area contributed by atoms with Crippen molar-refractivity contribution in [3.05, 3.63) is 115 Å². The summed E-state index contributed by atoms with van der Waals surface area (Å²) in [4.78, 5) is 54.7. The molecule has 2 aliphatic rings. The van der Waals surface area contributed by atoms with E-state index in [2.05, 4.69) is 0 Å². The van der Waals surface area contributed by atoms with Crippen LogP contribution in [0.1, 0.15) is 48.1 Å². The van der Waals surface area contributed by atoms with E-state index in [-0.39, 0.29) is 59.2 Å². The van der Waals surface area contributed by atoms with Gasteiger partial charge in [-0.2, -0.15) is 13.2 Å². The van der Waals surface area contributed by atoms with Gasteiger partial charge in [-0.15, -0.1) is 11.3 Å². The van der Waals surface area contributed by atoms with Crippen molar-refractivity contribution in [2.24, 2.45) is 11.7 Å². The molecule has 2 N–H and O–H groups in total. The molecular formula is C32H28F3N3O7S. The minimum Gasteiger partial charge on any atom is -0.465 e. The number of nitro groups is 1. The molecule has 0 bridgehead atoms. The quantitative estimate of drug-likeness (QED) is 0.130. The van der Waals surface area contributed by atoms with Crippen LogP contribution in [0.5, 0.6) is 0 Å². The number of nitro benzene ring substituents is 1. The third-order valence-corrected chi connectivity index (χ3v) is 8.83. The summed E-state index contributed by atoms with van der Waals surface area (Å²) in [5.74, 6) is -6.40. The number of benzene rings is 2. The lowest BCUT2D eigenvalue weighted by Gasteiger charge is -2.43. The van der Waals surface area contributed by atoms with Crippen molar-refractivity contribution in [1.29, 1.82) is 0 Å². The highest BCUT2D eigenvalue weighted by molar-refractivity contribution is 7.10. The van der Waals surface area contributed by atoms with Crippen molar-refractivity contribution >= 4 is 40.4 Å². The molecule has 14 heteroatoms. The van der Waals surface area contributed by atoms with Crippen LogP contribution in [0.2, 0.25) is 0 Å². The van der Waals surface area contributed by atoms with E-state index in [1.807, 2.05) is 0 Å². The van der Waals surface area contributed by atoms with Crippen molar-refractivity contribution in [2.75, 3.05) is 18.1 Å². The highest BCUT2D eigenvalue weighted by Gasteiger charge is 2.52. The third kappa shape index (κ3) is 5.87. The van der Waals surface area contributed by atoms with Crippen LogP contribution in [-0.2, 0) is 30.0 Å². The van der Waals surface area contributed by atoms with Crippen LogP contribution in [0.25, 0.3) is 0 Å². The Morgan fingerprint density at radius 1 is 1.07 bits per heavy atom. The molecule has 0 amide bonds. The fourth-order valence-corrected chi connectivity index (χ4v) is 6.84. The second-order valence-electron chi connectivity index (χ2n) is 10.5. The molecule has 5 rings (SSSR count). The van der Waals surface area contributed by atoms with E-state index in [0.717, 1.165) is 12.1 Å². The van der Waals surface area contributed by atoms with E-state index in [1.165, 1.54) is 59.6 Å². The molecule has 3 atom stereocenters. The smallest absolute Gasteiger partial charge is 0.416 e. The normalized spacial score (nSPS) is 20.0. The fraction of sp³-hybridized carbons (Fsp3) is 0.281. The highest BCUT2D eigenvalue weighted by Crippen LogP contribution is 2.52. The molecule has 0 saturated heterocycles. The zero-order valence-electron chi connectivity index (χ0n) is 24.6. The van der Waals surface area contributed by atoms with Crippen molar-refractivity contribution in [3.63, 3.8) is 0 Å². The van der Waals surface area contributed by atoms with Crippen LogP contribution in [0.15, 0.2) is 88.7 Å². The summed E-state index contributed by atoms with van der Waals surface area (Å²) in [7, 11) is 0. The third-order valence-electron chi connectivity index (χ3n) is 7.83. The topological polar surface area (TPSA) is 142 Å². The number of ether oxygens (including phenoxy) is 2. The van der Waals surface area contributed by atoms with Gasteiger partial charge in [0.1, 0.15) is 11.7 Å². The maximum absolute atomic E-state index is 14.7. The molecule has 10 nitrogen and oxygen atoms in total. The summed E-state index contributed by atoms with van der Waals surface area (Å²) in [6.07, 6.45) is -4.79. The molecule has 0 fully saturated rings. The van der Waals surface area contributed by atoms with E-state index in [4.69, 9.17) is 15.2 Å². The number of hydrogen-bond donors (Lipinski definition) is 1. The standard InChI is InChI=1S/C32H28F3N3O7S/c1-3-44-30(40)25-21(23-12-7-13-46-23)16-22-26(28(25)39)24(17-8-5-11-20(14-17)38(42)43)27(31(41)45-4-2)29(36)37(22)19-10-6-9-18(15-19)32(33,34)35/h5-15,21,24-25H,3-4,16,36H2,1-2H3/t21-,24+,25+/m0/s1. The van der Waals surface area contributed by atoms with Gasteiger partial charge >= 0.3 is 18.1 Å². The van der Waals surface area contributed by atoms with Gasteiger partial charge in [0.05, 0.1) is 35.2 Å². The highest BCUT2D eigenvalue weighted by atomic mass is 32.1. The lowest BCUT2D eigenvalue weighted by molar-refractivity contribution is -0.384. The Morgan fingerprint density at radius 2 is 1.78 bits per heavy atom. The largest absolute Gasteiger partial charge is 0.465 e. The monoisotopic (exact) mass is 655 g/mol. The van der Waals surface area contributed by atoms with Crippen LogP contribution in [0.4, 0.5) is 24.5 Å². The number of non-ortho nitro benzene ring substituents is 1. The van der Waals surface area contributed by atoms with Gasteiger partial charge in [-0.3, -0.25) is 24.6 Å². The van der Waals surface area contributed by atoms with Crippen molar-refractivity contribution in [3.8, 4) is 0 Å². The van der Waals surface area contributed by atoms with Gasteiger partial charge < -0.3 is 15.2 Å². The number of halogens is 3. The van der Waals surface area contributed by atoms with Crippen molar-refractivity contribution < 1.29 is 42.0 Å². The lowest BCUT2D eigenvalue weighted by Crippen LogP contribution is -2.46. The SMILES string of the molecule is CCOC(=O)C1=C(N)N(c2cccc(C(F)(F)F)c2)C2=C(C(=O)[C@H](C(=O)OCC)[C@H](c3cccs3)C2)[C@H]1c1cccc([N+](=O)[O-])c1. The summed E-state index contributed by atoms with van der Waals surface area (Å²) >= 11 is 1.29. The predicted octanol–water partition coefficient (Wildman–Crippen LogP) is 6.20. The maximum atomic E-state index is 14.7. The number of nitrogens with two attached hydrogens (primary N) is 1. The molecule has 3 aromatic rings. The molecule has 0 saturated carbocycles. The molecule has 1 aliphatic heterocycles. The molecule has 1 aliphatic carbocycles. The second-order valence-corrected chi connectivity index (χ2v) is 11.4. The predicted molar refractivity (Wildman–Crippen MR) is 161 cm³/mol. The number of carbonyl (C=O) groups is 3. The Morgan fingerprint density at radius 3 is 2.41 bits per heavy atom. The van der Waals surface area contributed by atoms with Crippen LogP contribution < -0.4 is 10.6 Å². The summed E-state index contributed by atoms with van der Waals surface area (Å²) in [5.41, 5.74) is 5.08. The minimum absolute atomic E-state index is 0.0305. The molecule has 0 radical (unpaired) electrons. The van der Waals surface area contributed by atoms with Crippen LogP contribution in [0.3, 0.4) is 0 Å². The zero-order chi connectivity index (χ0) is 33.3. The number of alkyl halides is 3. The first-order valence-corrected chi connectivity index (χ1v) is 15.1. The Labute approximate surface area is 265 Å². The summed E-state index contributed by atoms with van der Waals surface area (Å²) in [6.45, 7) is 2.97. The van der Waals surface area contributed by atoms with E-state index >= 15 is 0 Å².